The van der Waals surface area contributed by atoms with Crippen molar-refractivity contribution < 1.29 is 19.1 Å². The lowest BCUT2D eigenvalue weighted by Crippen LogP contribution is -2.20. The average molecular weight is 472 g/mol. The molecule has 2 aromatic rings. The number of hydrogen-bond acceptors (Lipinski definition) is 4. The highest BCUT2D eigenvalue weighted by Gasteiger charge is 2.18. The van der Waals surface area contributed by atoms with Gasteiger partial charge in [-0.05, 0) is 81.1 Å². The van der Waals surface area contributed by atoms with Crippen molar-refractivity contribution in [1.82, 2.24) is 0 Å². The molecule has 0 radical (unpaired) electrons. The molecule has 1 aliphatic rings. The van der Waals surface area contributed by atoms with Gasteiger partial charge in [0.25, 0.3) is 0 Å². The van der Waals surface area contributed by atoms with Crippen LogP contribution in [0.25, 0.3) is 6.08 Å². The third-order valence-electron chi connectivity index (χ3n) is 4.90. The summed E-state index contributed by atoms with van der Waals surface area (Å²) in [5.74, 6) is 0.137. The maximum Gasteiger partial charge on any atom is 0.338 e. The Balaban J connectivity index is 1.57. The van der Waals surface area contributed by atoms with E-state index in [1.165, 1.54) is 12.5 Å². The van der Waals surface area contributed by atoms with E-state index in [-0.39, 0.29) is 18.0 Å². The Morgan fingerprint density at radius 1 is 1.10 bits per heavy atom. The molecule has 0 unspecified atom stereocenters. The van der Waals surface area contributed by atoms with Gasteiger partial charge in [0.1, 0.15) is 11.9 Å². The highest BCUT2D eigenvalue weighted by molar-refractivity contribution is 9.10. The molecule has 30 heavy (non-hydrogen) atoms. The highest BCUT2D eigenvalue weighted by atomic mass is 79.9. The molecule has 5 nitrogen and oxygen atoms in total. The monoisotopic (exact) mass is 471 g/mol. The molecule has 1 saturated carbocycles. The second kappa shape index (κ2) is 11.0. The number of ether oxygens (including phenoxy) is 2. The van der Waals surface area contributed by atoms with E-state index < -0.39 is 0 Å². The van der Waals surface area contributed by atoms with Crippen LogP contribution < -0.4 is 10.1 Å². The van der Waals surface area contributed by atoms with E-state index in [1.807, 2.05) is 25.1 Å². The molecule has 1 amide bonds. The minimum atomic E-state index is -0.308. The van der Waals surface area contributed by atoms with E-state index in [4.69, 9.17) is 9.47 Å². The number of amides is 1. The van der Waals surface area contributed by atoms with Crippen molar-refractivity contribution >= 4 is 39.6 Å². The maximum absolute atomic E-state index is 12.3. The Morgan fingerprint density at radius 2 is 1.83 bits per heavy atom. The molecule has 0 bridgehead atoms. The van der Waals surface area contributed by atoms with Gasteiger partial charge in [-0.25, -0.2) is 4.79 Å². The summed E-state index contributed by atoms with van der Waals surface area (Å²) in [5, 5.41) is 2.80. The van der Waals surface area contributed by atoms with Crippen LogP contribution in [0.1, 0.15) is 54.9 Å². The van der Waals surface area contributed by atoms with E-state index in [1.54, 1.807) is 30.3 Å². The summed E-state index contributed by atoms with van der Waals surface area (Å²) >= 11 is 3.43. The number of carbonyl (C=O) groups excluding carboxylic acids is 2. The minimum absolute atomic E-state index is 0.0235. The average Bonchev–Trinajstić information content (AvgIpc) is 2.75. The first kappa shape index (κ1) is 22.1. The lowest BCUT2D eigenvalue weighted by molar-refractivity contribution is -0.111. The Labute approximate surface area is 185 Å². The molecule has 0 spiro atoms. The fraction of sp³-hybridized carbons (Fsp3) is 0.333. The van der Waals surface area contributed by atoms with Crippen LogP contribution in [0.2, 0.25) is 0 Å². The third kappa shape index (κ3) is 6.46. The largest absolute Gasteiger partial charge is 0.493 e. The molecule has 1 fully saturated rings. The minimum Gasteiger partial charge on any atom is -0.493 e. The van der Waals surface area contributed by atoms with Crippen molar-refractivity contribution in [3.05, 3.63) is 64.1 Å². The van der Waals surface area contributed by atoms with Crippen molar-refractivity contribution in [1.29, 1.82) is 0 Å². The molecule has 0 aromatic heterocycles. The van der Waals surface area contributed by atoms with Crippen molar-refractivity contribution in [2.24, 2.45) is 0 Å². The number of rotatable bonds is 7. The number of benzene rings is 2. The summed E-state index contributed by atoms with van der Waals surface area (Å²) < 4.78 is 12.1. The molecule has 3 rings (SSSR count). The lowest BCUT2D eigenvalue weighted by Gasteiger charge is -2.21. The van der Waals surface area contributed by atoms with Gasteiger partial charge in [0.15, 0.2) is 0 Å². The Bertz CT molecular complexity index is 902. The second-order valence-electron chi connectivity index (χ2n) is 7.18. The Morgan fingerprint density at radius 3 is 2.53 bits per heavy atom. The van der Waals surface area contributed by atoms with Crippen LogP contribution in [0.3, 0.4) is 0 Å². The standard InChI is InChI=1S/C24H26BrNO4/c1-2-29-22-14-11-19(25)16-18(22)10-15-23(27)26-20-12-8-17(9-13-20)24(28)30-21-6-4-3-5-7-21/h8-16,21H,2-7H2,1H3,(H,26,27)/b15-10+. The summed E-state index contributed by atoms with van der Waals surface area (Å²) in [6.45, 7) is 2.46. The normalized spacial score (nSPS) is 14.5. The van der Waals surface area contributed by atoms with Gasteiger partial charge in [-0.3, -0.25) is 4.79 Å². The number of carbonyl (C=O) groups is 2. The van der Waals surface area contributed by atoms with Gasteiger partial charge in [-0.2, -0.15) is 0 Å². The summed E-state index contributed by atoms with van der Waals surface area (Å²) in [6.07, 6.45) is 8.51. The predicted molar refractivity (Wildman–Crippen MR) is 122 cm³/mol. The molecule has 1 N–H and O–H groups in total. The first-order valence-electron chi connectivity index (χ1n) is 10.3. The van der Waals surface area contributed by atoms with Gasteiger partial charge >= 0.3 is 5.97 Å². The molecule has 0 aliphatic heterocycles. The predicted octanol–water partition coefficient (Wildman–Crippen LogP) is 5.99. The number of halogens is 1. The summed E-state index contributed by atoms with van der Waals surface area (Å²) in [4.78, 5) is 24.6. The van der Waals surface area contributed by atoms with Gasteiger partial charge in [0.2, 0.25) is 5.91 Å². The summed E-state index contributed by atoms with van der Waals surface area (Å²) in [5.41, 5.74) is 1.91. The molecule has 0 atom stereocenters. The fourth-order valence-corrected chi connectivity index (χ4v) is 3.76. The van der Waals surface area contributed by atoms with Crippen molar-refractivity contribution in [3.8, 4) is 5.75 Å². The van der Waals surface area contributed by atoms with Gasteiger partial charge in [-0.1, -0.05) is 22.4 Å². The first-order valence-corrected chi connectivity index (χ1v) is 11.1. The van der Waals surface area contributed by atoms with Gasteiger partial charge in [0, 0.05) is 21.8 Å². The number of hydrogen-bond donors (Lipinski definition) is 1. The van der Waals surface area contributed by atoms with E-state index in [0.29, 0.717) is 23.6 Å². The topological polar surface area (TPSA) is 64.6 Å². The van der Waals surface area contributed by atoms with Crippen LogP contribution in [-0.2, 0) is 9.53 Å². The Kier molecular flexibility index (Phi) is 8.08. The maximum atomic E-state index is 12.3. The quantitative estimate of drug-likeness (QED) is 0.397. The zero-order chi connectivity index (χ0) is 21.3. The lowest BCUT2D eigenvalue weighted by atomic mass is 9.98. The first-order chi connectivity index (χ1) is 14.5. The molecular weight excluding hydrogens is 446 g/mol. The van der Waals surface area contributed by atoms with E-state index in [2.05, 4.69) is 21.2 Å². The van der Waals surface area contributed by atoms with E-state index in [9.17, 15) is 9.59 Å². The van der Waals surface area contributed by atoms with Crippen LogP contribution >= 0.6 is 15.9 Å². The fourth-order valence-electron chi connectivity index (χ4n) is 3.38. The zero-order valence-electron chi connectivity index (χ0n) is 17.0. The number of nitrogens with one attached hydrogen (secondary N) is 1. The molecule has 0 heterocycles. The van der Waals surface area contributed by atoms with Crippen molar-refractivity contribution in [2.75, 3.05) is 11.9 Å². The SMILES string of the molecule is CCOc1ccc(Br)cc1/C=C/C(=O)Nc1ccc(C(=O)OC2CCCCC2)cc1. The summed E-state index contributed by atoms with van der Waals surface area (Å²) in [6, 6.07) is 12.4. The van der Waals surface area contributed by atoms with E-state index >= 15 is 0 Å². The smallest absolute Gasteiger partial charge is 0.338 e. The van der Waals surface area contributed by atoms with Crippen molar-refractivity contribution in [3.63, 3.8) is 0 Å². The van der Waals surface area contributed by atoms with Crippen LogP contribution in [0.5, 0.6) is 5.75 Å². The van der Waals surface area contributed by atoms with E-state index in [0.717, 1.165) is 35.7 Å². The molecule has 6 heteroatoms. The van der Waals surface area contributed by atoms with Crippen molar-refractivity contribution in [2.45, 2.75) is 45.1 Å². The van der Waals surface area contributed by atoms with Crippen LogP contribution in [0, 0.1) is 0 Å². The van der Waals surface area contributed by atoms with Gasteiger partial charge < -0.3 is 14.8 Å². The van der Waals surface area contributed by atoms with Crippen LogP contribution in [0.4, 0.5) is 5.69 Å². The highest BCUT2D eigenvalue weighted by Crippen LogP contribution is 2.25. The summed E-state index contributed by atoms with van der Waals surface area (Å²) in [7, 11) is 0. The molecule has 0 saturated heterocycles. The molecule has 2 aromatic carbocycles. The third-order valence-corrected chi connectivity index (χ3v) is 5.39. The molecule has 158 valence electrons. The van der Waals surface area contributed by atoms with Gasteiger partial charge in [-0.15, -0.1) is 0 Å². The van der Waals surface area contributed by atoms with Crippen LogP contribution in [-0.4, -0.2) is 24.6 Å². The number of anilines is 1. The second-order valence-corrected chi connectivity index (χ2v) is 8.10. The molecule has 1 aliphatic carbocycles. The number of esters is 1. The molecular formula is C24H26BrNO4. The Hall–Kier alpha value is -2.60. The van der Waals surface area contributed by atoms with Crippen LogP contribution in [0.15, 0.2) is 53.0 Å². The van der Waals surface area contributed by atoms with Gasteiger partial charge in [0.05, 0.1) is 12.2 Å². The zero-order valence-corrected chi connectivity index (χ0v) is 18.6.